The van der Waals surface area contributed by atoms with Crippen molar-refractivity contribution in [2.45, 2.75) is 19.4 Å². The molecule has 1 atom stereocenters. The molecule has 0 saturated carbocycles. The van der Waals surface area contributed by atoms with Crippen LogP contribution in [0.2, 0.25) is 0 Å². The predicted molar refractivity (Wildman–Crippen MR) is 92.2 cm³/mol. The predicted octanol–water partition coefficient (Wildman–Crippen LogP) is 1.57. The molecule has 2 aromatic heterocycles. The summed E-state index contributed by atoms with van der Waals surface area (Å²) in [6, 6.07) is 0. The van der Waals surface area contributed by atoms with E-state index in [9.17, 15) is 4.39 Å². The van der Waals surface area contributed by atoms with Crippen LogP contribution in [-0.4, -0.2) is 58.9 Å². The molecule has 0 amide bonds. The molecule has 7 nitrogen and oxygen atoms in total. The third-order valence-electron chi connectivity index (χ3n) is 4.85. The lowest BCUT2D eigenvalue weighted by molar-refractivity contribution is 0.122. The molecule has 2 aliphatic heterocycles. The van der Waals surface area contributed by atoms with E-state index in [4.69, 9.17) is 4.74 Å². The summed E-state index contributed by atoms with van der Waals surface area (Å²) >= 11 is 0. The average molecular weight is 346 g/mol. The maximum atomic E-state index is 14.2. The summed E-state index contributed by atoms with van der Waals surface area (Å²) in [4.78, 5) is 17.0. The second-order valence-electron chi connectivity index (χ2n) is 6.65. The van der Waals surface area contributed by atoms with E-state index < -0.39 is 0 Å². The molecule has 2 fully saturated rings. The minimum atomic E-state index is -0.363. The van der Waals surface area contributed by atoms with Crippen molar-refractivity contribution < 1.29 is 9.13 Å². The van der Waals surface area contributed by atoms with Gasteiger partial charge in [0.2, 0.25) is 5.95 Å². The molecule has 2 aromatic rings. The molecule has 2 aliphatic rings. The van der Waals surface area contributed by atoms with E-state index in [1.165, 1.54) is 12.6 Å². The molecule has 4 heterocycles. The number of aromatic nitrogens is 4. The fraction of sp³-hybridized carbons (Fsp3) is 0.588. The summed E-state index contributed by atoms with van der Waals surface area (Å²) in [5.74, 6) is 1.17. The van der Waals surface area contributed by atoms with Crippen LogP contribution >= 0.6 is 0 Å². The van der Waals surface area contributed by atoms with Gasteiger partial charge in [-0.15, -0.1) is 0 Å². The average Bonchev–Trinajstić information content (AvgIpc) is 3.16. The van der Waals surface area contributed by atoms with Crippen molar-refractivity contribution in [3.63, 3.8) is 0 Å². The van der Waals surface area contributed by atoms with Crippen molar-refractivity contribution in [2.24, 2.45) is 5.92 Å². The fourth-order valence-electron chi connectivity index (χ4n) is 3.59. The van der Waals surface area contributed by atoms with Gasteiger partial charge in [-0.25, -0.2) is 14.4 Å². The highest BCUT2D eigenvalue weighted by molar-refractivity contribution is 5.45. The highest BCUT2D eigenvalue weighted by atomic mass is 19.1. The number of hydrogen-bond acceptors (Lipinski definition) is 6. The summed E-state index contributed by atoms with van der Waals surface area (Å²) < 4.78 is 21.7. The van der Waals surface area contributed by atoms with Crippen molar-refractivity contribution in [1.29, 1.82) is 0 Å². The first-order chi connectivity index (χ1) is 12.3. The van der Waals surface area contributed by atoms with Gasteiger partial charge in [-0.3, -0.25) is 0 Å². The Balaban J connectivity index is 1.48. The Hall–Kier alpha value is -2.22. The number of anilines is 2. The zero-order chi connectivity index (χ0) is 17.1. The molecule has 0 bridgehead atoms. The summed E-state index contributed by atoms with van der Waals surface area (Å²) in [6.07, 6.45) is 9.21. The Kier molecular flexibility index (Phi) is 4.78. The van der Waals surface area contributed by atoms with Crippen LogP contribution in [0.4, 0.5) is 16.2 Å². The van der Waals surface area contributed by atoms with Gasteiger partial charge in [0.15, 0.2) is 11.6 Å². The molecule has 4 rings (SSSR count). The number of halogens is 1. The highest BCUT2D eigenvalue weighted by Crippen LogP contribution is 2.25. The molecule has 0 aromatic carbocycles. The number of imidazole rings is 1. The summed E-state index contributed by atoms with van der Waals surface area (Å²) in [6.45, 7) is 5.27. The van der Waals surface area contributed by atoms with Crippen LogP contribution in [0.15, 0.2) is 24.9 Å². The van der Waals surface area contributed by atoms with E-state index in [1.54, 1.807) is 6.20 Å². The first kappa shape index (κ1) is 16.3. The first-order valence-electron chi connectivity index (χ1n) is 8.85. The SMILES string of the molecule is Fc1cnc(N2CCC[C@@H](Cn3ccnc3)C2)nc1N1CCOCC1. The van der Waals surface area contributed by atoms with E-state index >= 15 is 0 Å². The monoisotopic (exact) mass is 346 g/mol. The Morgan fingerprint density at radius 3 is 2.88 bits per heavy atom. The molecular weight excluding hydrogens is 323 g/mol. The number of rotatable bonds is 4. The van der Waals surface area contributed by atoms with Crippen molar-refractivity contribution in [3.8, 4) is 0 Å². The van der Waals surface area contributed by atoms with E-state index in [1.807, 2.05) is 17.4 Å². The molecule has 0 N–H and O–H groups in total. The number of nitrogens with zero attached hydrogens (tertiary/aromatic N) is 6. The van der Waals surface area contributed by atoms with Crippen LogP contribution in [0.5, 0.6) is 0 Å². The number of piperidine rings is 1. The van der Waals surface area contributed by atoms with Crippen molar-refractivity contribution in [1.82, 2.24) is 19.5 Å². The quantitative estimate of drug-likeness (QED) is 0.837. The Bertz CT molecular complexity index is 688. The van der Waals surface area contributed by atoms with Gasteiger partial charge < -0.3 is 19.1 Å². The third-order valence-corrected chi connectivity index (χ3v) is 4.85. The zero-order valence-electron chi connectivity index (χ0n) is 14.2. The van der Waals surface area contributed by atoms with Crippen molar-refractivity contribution in [3.05, 3.63) is 30.7 Å². The van der Waals surface area contributed by atoms with Gasteiger partial charge in [-0.2, -0.15) is 4.98 Å². The molecular formula is C17H23FN6O. The van der Waals surface area contributed by atoms with E-state index in [-0.39, 0.29) is 5.82 Å². The van der Waals surface area contributed by atoms with Crippen LogP contribution in [0.1, 0.15) is 12.8 Å². The van der Waals surface area contributed by atoms with Gasteiger partial charge in [-0.05, 0) is 18.8 Å². The fourth-order valence-corrected chi connectivity index (χ4v) is 3.59. The Labute approximate surface area is 146 Å². The lowest BCUT2D eigenvalue weighted by Gasteiger charge is -2.34. The largest absolute Gasteiger partial charge is 0.378 e. The van der Waals surface area contributed by atoms with Crippen LogP contribution < -0.4 is 9.80 Å². The first-order valence-corrected chi connectivity index (χ1v) is 8.85. The molecule has 8 heteroatoms. The Morgan fingerprint density at radius 1 is 1.20 bits per heavy atom. The van der Waals surface area contributed by atoms with E-state index in [0.29, 0.717) is 44.0 Å². The highest BCUT2D eigenvalue weighted by Gasteiger charge is 2.24. The third kappa shape index (κ3) is 3.73. The topological polar surface area (TPSA) is 59.3 Å². The van der Waals surface area contributed by atoms with Crippen LogP contribution in [0.25, 0.3) is 0 Å². The van der Waals surface area contributed by atoms with E-state index in [0.717, 1.165) is 26.1 Å². The molecule has 0 spiro atoms. The zero-order valence-corrected chi connectivity index (χ0v) is 14.2. The lowest BCUT2D eigenvalue weighted by atomic mass is 9.98. The second-order valence-corrected chi connectivity index (χ2v) is 6.65. The van der Waals surface area contributed by atoms with Gasteiger partial charge >= 0.3 is 0 Å². The van der Waals surface area contributed by atoms with Gasteiger partial charge in [0.05, 0.1) is 25.7 Å². The maximum Gasteiger partial charge on any atom is 0.227 e. The molecule has 2 saturated heterocycles. The number of ether oxygens (including phenoxy) is 1. The number of hydrogen-bond donors (Lipinski definition) is 0. The normalized spacial score (nSPS) is 21.6. The van der Waals surface area contributed by atoms with Gasteiger partial charge in [0.25, 0.3) is 0 Å². The second kappa shape index (κ2) is 7.35. The maximum absolute atomic E-state index is 14.2. The van der Waals surface area contributed by atoms with Gasteiger partial charge in [0.1, 0.15) is 0 Å². The number of morpholine rings is 1. The van der Waals surface area contributed by atoms with Crippen molar-refractivity contribution >= 4 is 11.8 Å². The van der Waals surface area contributed by atoms with Crippen molar-refractivity contribution in [2.75, 3.05) is 49.2 Å². The Morgan fingerprint density at radius 2 is 2.08 bits per heavy atom. The lowest BCUT2D eigenvalue weighted by Crippen LogP contribution is -2.40. The molecule has 134 valence electrons. The minimum absolute atomic E-state index is 0.363. The summed E-state index contributed by atoms with van der Waals surface area (Å²) in [5.41, 5.74) is 0. The molecule has 0 radical (unpaired) electrons. The molecule has 0 aliphatic carbocycles. The van der Waals surface area contributed by atoms with Gasteiger partial charge in [-0.1, -0.05) is 0 Å². The smallest absolute Gasteiger partial charge is 0.227 e. The van der Waals surface area contributed by atoms with Gasteiger partial charge in [0, 0.05) is 45.1 Å². The molecule has 0 unspecified atom stereocenters. The van der Waals surface area contributed by atoms with Crippen LogP contribution in [0.3, 0.4) is 0 Å². The standard InChI is InChI=1S/C17H23FN6O/c18-15-10-20-17(21-16(15)23-6-8-25-9-7-23)24-4-1-2-14(12-24)11-22-5-3-19-13-22/h3,5,10,13-14H,1-2,4,6-9,11-12H2/t14-/m0/s1. The molecule has 25 heavy (non-hydrogen) atoms. The van der Waals surface area contributed by atoms with E-state index in [2.05, 4.69) is 24.4 Å². The van der Waals surface area contributed by atoms with Crippen LogP contribution in [0, 0.1) is 11.7 Å². The summed E-state index contributed by atoms with van der Waals surface area (Å²) in [7, 11) is 0. The van der Waals surface area contributed by atoms with Crippen LogP contribution in [-0.2, 0) is 11.3 Å². The summed E-state index contributed by atoms with van der Waals surface area (Å²) in [5, 5.41) is 0. The minimum Gasteiger partial charge on any atom is -0.378 e.